The van der Waals surface area contributed by atoms with Gasteiger partial charge in [0.15, 0.2) is 11.5 Å². The lowest BCUT2D eigenvalue weighted by Crippen LogP contribution is -2.34. The number of benzene rings is 2. The predicted octanol–water partition coefficient (Wildman–Crippen LogP) is 4.29. The van der Waals surface area contributed by atoms with Gasteiger partial charge >= 0.3 is 0 Å². The van der Waals surface area contributed by atoms with Crippen molar-refractivity contribution in [3.8, 4) is 17.6 Å². The Morgan fingerprint density at radius 3 is 2.59 bits per heavy atom. The van der Waals surface area contributed by atoms with Gasteiger partial charge in [0.2, 0.25) is 5.91 Å². The average Bonchev–Trinajstić information content (AvgIpc) is 3.46. The zero-order valence-electron chi connectivity index (χ0n) is 15.1. The standard InChI is InChI=1S/C21H21BrN2O3/c1-26-19-13-15(14-23)4-9-18(19)27-12-2-3-20(25)24-21(10-11-21)16-5-7-17(22)8-6-16/h4-9,13H,2-3,10-12H2,1H3,(H,24,25). The van der Waals surface area contributed by atoms with E-state index in [0.29, 0.717) is 36.5 Å². The van der Waals surface area contributed by atoms with Gasteiger partial charge in [0.1, 0.15) is 0 Å². The molecule has 1 saturated carbocycles. The van der Waals surface area contributed by atoms with Crippen molar-refractivity contribution in [2.75, 3.05) is 13.7 Å². The second kappa shape index (κ2) is 8.45. The maximum atomic E-state index is 12.3. The van der Waals surface area contributed by atoms with Crippen LogP contribution in [0.5, 0.6) is 11.5 Å². The Kier molecular flexibility index (Phi) is 6.02. The van der Waals surface area contributed by atoms with Crippen molar-refractivity contribution in [2.45, 2.75) is 31.2 Å². The summed E-state index contributed by atoms with van der Waals surface area (Å²) in [5, 5.41) is 12.1. The monoisotopic (exact) mass is 428 g/mol. The van der Waals surface area contributed by atoms with Gasteiger partial charge < -0.3 is 14.8 Å². The number of nitrogens with one attached hydrogen (secondary N) is 1. The maximum absolute atomic E-state index is 12.3. The van der Waals surface area contributed by atoms with Gasteiger partial charge in [-0.15, -0.1) is 0 Å². The Hall–Kier alpha value is -2.52. The summed E-state index contributed by atoms with van der Waals surface area (Å²) in [7, 11) is 1.54. The van der Waals surface area contributed by atoms with Crippen molar-refractivity contribution in [1.29, 1.82) is 5.26 Å². The molecule has 0 bridgehead atoms. The van der Waals surface area contributed by atoms with Crippen molar-refractivity contribution < 1.29 is 14.3 Å². The van der Waals surface area contributed by atoms with E-state index < -0.39 is 0 Å². The number of halogens is 1. The predicted molar refractivity (Wildman–Crippen MR) is 106 cm³/mol. The van der Waals surface area contributed by atoms with Crippen molar-refractivity contribution >= 4 is 21.8 Å². The van der Waals surface area contributed by atoms with E-state index in [4.69, 9.17) is 14.7 Å². The summed E-state index contributed by atoms with van der Waals surface area (Å²) in [4.78, 5) is 12.3. The summed E-state index contributed by atoms with van der Waals surface area (Å²) in [5.74, 6) is 1.13. The first-order valence-corrected chi connectivity index (χ1v) is 9.63. The molecule has 27 heavy (non-hydrogen) atoms. The molecule has 2 aromatic carbocycles. The van der Waals surface area contributed by atoms with Crippen molar-refractivity contribution in [1.82, 2.24) is 5.32 Å². The first-order valence-electron chi connectivity index (χ1n) is 8.84. The minimum Gasteiger partial charge on any atom is -0.493 e. The highest BCUT2D eigenvalue weighted by Crippen LogP contribution is 2.45. The third-order valence-electron chi connectivity index (χ3n) is 4.62. The molecule has 0 heterocycles. The van der Waals surface area contributed by atoms with Crippen LogP contribution in [-0.4, -0.2) is 19.6 Å². The largest absolute Gasteiger partial charge is 0.493 e. The smallest absolute Gasteiger partial charge is 0.220 e. The summed E-state index contributed by atoms with van der Waals surface area (Å²) < 4.78 is 12.0. The molecule has 0 radical (unpaired) electrons. The van der Waals surface area contributed by atoms with Crippen LogP contribution in [-0.2, 0) is 10.3 Å². The molecule has 1 amide bonds. The number of amides is 1. The average molecular weight is 429 g/mol. The molecule has 1 aliphatic carbocycles. The minimum absolute atomic E-state index is 0.0332. The number of hydrogen-bond donors (Lipinski definition) is 1. The quantitative estimate of drug-likeness (QED) is 0.636. The van der Waals surface area contributed by atoms with Crippen molar-refractivity contribution in [3.63, 3.8) is 0 Å². The summed E-state index contributed by atoms with van der Waals surface area (Å²) in [6.07, 6.45) is 2.95. The second-order valence-electron chi connectivity index (χ2n) is 6.57. The van der Waals surface area contributed by atoms with E-state index in [1.165, 1.54) is 7.11 Å². The molecule has 1 fully saturated rings. The van der Waals surface area contributed by atoms with Crippen LogP contribution in [0.1, 0.15) is 36.8 Å². The zero-order chi connectivity index (χ0) is 19.3. The third-order valence-corrected chi connectivity index (χ3v) is 5.15. The number of carbonyl (C=O) groups is 1. The molecule has 140 valence electrons. The van der Waals surface area contributed by atoms with Crippen LogP contribution >= 0.6 is 15.9 Å². The van der Waals surface area contributed by atoms with Crippen LogP contribution < -0.4 is 14.8 Å². The van der Waals surface area contributed by atoms with Crippen LogP contribution in [0.15, 0.2) is 46.9 Å². The van der Waals surface area contributed by atoms with Gasteiger partial charge in [-0.05, 0) is 49.1 Å². The lowest BCUT2D eigenvalue weighted by atomic mass is 10.0. The third kappa shape index (κ3) is 4.81. The van der Waals surface area contributed by atoms with Gasteiger partial charge in [0.05, 0.1) is 30.9 Å². The van der Waals surface area contributed by atoms with E-state index in [1.807, 2.05) is 12.1 Å². The van der Waals surface area contributed by atoms with E-state index >= 15 is 0 Å². The fourth-order valence-corrected chi connectivity index (χ4v) is 3.24. The van der Waals surface area contributed by atoms with Gasteiger partial charge in [0, 0.05) is 17.0 Å². The lowest BCUT2D eigenvalue weighted by Gasteiger charge is -2.18. The molecule has 1 N–H and O–H groups in total. The summed E-state index contributed by atoms with van der Waals surface area (Å²) >= 11 is 3.44. The highest BCUT2D eigenvalue weighted by molar-refractivity contribution is 9.10. The molecule has 0 spiro atoms. The van der Waals surface area contributed by atoms with Crippen LogP contribution in [0.3, 0.4) is 0 Å². The molecule has 3 rings (SSSR count). The molecule has 0 aromatic heterocycles. The van der Waals surface area contributed by atoms with Gasteiger partial charge in [-0.2, -0.15) is 5.26 Å². The van der Waals surface area contributed by atoms with Crippen LogP contribution in [0, 0.1) is 11.3 Å². The zero-order valence-corrected chi connectivity index (χ0v) is 16.7. The normalized spacial score (nSPS) is 14.1. The number of ether oxygens (including phenoxy) is 2. The first kappa shape index (κ1) is 19.2. The van der Waals surface area contributed by atoms with Gasteiger partial charge in [-0.3, -0.25) is 4.79 Å². The summed E-state index contributed by atoms with van der Waals surface area (Å²) in [6, 6.07) is 15.2. The van der Waals surface area contributed by atoms with Gasteiger partial charge in [-0.25, -0.2) is 0 Å². The Balaban J connectivity index is 1.47. The molecule has 0 saturated heterocycles. The summed E-state index contributed by atoms with van der Waals surface area (Å²) in [6.45, 7) is 0.404. The Labute approximate surface area is 167 Å². The van der Waals surface area contributed by atoms with E-state index in [-0.39, 0.29) is 11.4 Å². The van der Waals surface area contributed by atoms with E-state index in [0.717, 1.165) is 22.9 Å². The van der Waals surface area contributed by atoms with E-state index in [9.17, 15) is 4.79 Å². The van der Waals surface area contributed by atoms with E-state index in [1.54, 1.807) is 18.2 Å². The molecular formula is C21H21BrN2O3. The number of methoxy groups -OCH3 is 1. The SMILES string of the molecule is COc1cc(C#N)ccc1OCCCC(=O)NC1(c2ccc(Br)cc2)CC1. The number of carbonyl (C=O) groups excluding carboxylic acids is 1. The van der Waals surface area contributed by atoms with E-state index in [2.05, 4.69) is 39.4 Å². The molecule has 0 unspecified atom stereocenters. The number of rotatable bonds is 8. The molecule has 5 nitrogen and oxygen atoms in total. The topological polar surface area (TPSA) is 71.3 Å². The molecule has 0 atom stereocenters. The highest BCUT2D eigenvalue weighted by Gasteiger charge is 2.45. The Morgan fingerprint density at radius 2 is 1.96 bits per heavy atom. The molecule has 1 aliphatic rings. The highest BCUT2D eigenvalue weighted by atomic mass is 79.9. The molecule has 6 heteroatoms. The van der Waals surface area contributed by atoms with Crippen LogP contribution in [0.25, 0.3) is 0 Å². The lowest BCUT2D eigenvalue weighted by molar-refractivity contribution is -0.122. The van der Waals surface area contributed by atoms with Crippen molar-refractivity contribution in [2.24, 2.45) is 0 Å². The fraction of sp³-hybridized carbons (Fsp3) is 0.333. The minimum atomic E-state index is -0.199. The number of nitrogens with zero attached hydrogens (tertiary/aromatic N) is 1. The van der Waals surface area contributed by atoms with Crippen molar-refractivity contribution in [3.05, 3.63) is 58.1 Å². The molecular weight excluding hydrogens is 408 g/mol. The van der Waals surface area contributed by atoms with Crippen LogP contribution in [0.2, 0.25) is 0 Å². The molecule has 2 aromatic rings. The Morgan fingerprint density at radius 1 is 1.22 bits per heavy atom. The maximum Gasteiger partial charge on any atom is 0.220 e. The number of hydrogen-bond acceptors (Lipinski definition) is 4. The molecule has 0 aliphatic heterocycles. The number of nitriles is 1. The summed E-state index contributed by atoms with van der Waals surface area (Å²) in [5.41, 5.74) is 1.47. The van der Waals surface area contributed by atoms with Gasteiger partial charge in [0.25, 0.3) is 0 Å². The van der Waals surface area contributed by atoms with Gasteiger partial charge in [-0.1, -0.05) is 28.1 Å². The second-order valence-corrected chi connectivity index (χ2v) is 7.48. The fourth-order valence-electron chi connectivity index (χ4n) is 2.98. The van der Waals surface area contributed by atoms with Crippen LogP contribution in [0.4, 0.5) is 0 Å². The first-order chi connectivity index (χ1) is 13.1. The Bertz CT molecular complexity index is 855.